The minimum atomic E-state index is -0.610. The highest BCUT2D eigenvalue weighted by Gasteiger charge is 2.17. The summed E-state index contributed by atoms with van der Waals surface area (Å²) in [6.07, 6.45) is -0.218. The highest BCUT2D eigenvalue weighted by atomic mass is 16.6. The van der Waals surface area contributed by atoms with Crippen LogP contribution < -0.4 is 9.64 Å². The minimum absolute atomic E-state index is 0.124. The van der Waals surface area contributed by atoms with Gasteiger partial charge in [-0.3, -0.25) is 19.7 Å². The molecular formula is C23H20N2O5. The van der Waals surface area contributed by atoms with E-state index in [4.69, 9.17) is 4.74 Å². The summed E-state index contributed by atoms with van der Waals surface area (Å²) in [5, 5.41) is 11.1. The number of amides is 1. The van der Waals surface area contributed by atoms with Gasteiger partial charge in [0.2, 0.25) is 0 Å². The maximum absolute atomic E-state index is 12.6. The summed E-state index contributed by atoms with van der Waals surface area (Å²) in [5.74, 6) is -0.476. The monoisotopic (exact) mass is 404 g/mol. The Hall–Kier alpha value is -4.00. The molecule has 0 unspecified atom stereocenters. The molecule has 7 heteroatoms. The molecule has 152 valence electrons. The number of aryl methyl sites for hydroxylation is 1. The van der Waals surface area contributed by atoms with E-state index in [2.05, 4.69) is 0 Å². The third-order valence-electron chi connectivity index (χ3n) is 4.58. The van der Waals surface area contributed by atoms with Crippen molar-refractivity contribution in [2.75, 3.05) is 11.9 Å². The van der Waals surface area contributed by atoms with Crippen molar-refractivity contribution in [3.8, 4) is 5.75 Å². The Morgan fingerprint density at radius 3 is 2.23 bits per heavy atom. The van der Waals surface area contributed by atoms with Crippen molar-refractivity contribution in [1.29, 1.82) is 0 Å². The van der Waals surface area contributed by atoms with E-state index >= 15 is 0 Å². The molecule has 0 atom stereocenters. The second-order valence-corrected chi connectivity index (χ2v) is 6.76. The van der Waals surface area contributed by atoms with Crippen LogP contribution in [0.2, 0.25) is 0 Å². The molecule has 30 heavy (non-hydrogen) atoms. The van der Waals surface area contributed by atoms with Gasteiger partial charge in [0.15, 0.2) is 0 Å². The summed E-state index contributed by atoms with van der Waals surface area (Å²) in [7, 11) is 1.66. The Kier molecular flexibility index (Phi) is 6.22. The van der Waals surface area contributed by atoms with E-state index in [1.807, 2.05) is 19.1 Å². The van der Waals surface area contributed by atoms with Gasteiger partial charge in [0.25, 0.3) is 11.6 Å². The number of para-hydroxylation sites is 1. The molecule has 0 saturated carbocycles. The molecule has 0 heterocycles. The zero-order valence-corrected chi connectivity index (χ0v) is 16.6. The number of nitrogens with zero attached hydrogens (tertiary/aromatic N) is 2. The highest BCUT2D eigenvalue weighted by molar-refractivity contribution is 6.05. The average molecular weight is 404 g/mol. The molecule has 0 radical (unpaired) electrons. The molecule has 0 fully saturated rings. The number of ether oxygens (including phenoxy) is 1. The number of carbonyl (C=O) groups excluding carboxylic acids is 2. The number of hydrogen-bond donors (Lipinski definition) is 0. The quantitative estimate of drug-likeness (QED) is 0.264. The van der Waals surface area contributed by atoms with Crippen molar-refractivity contribution in [3.63, 3.8) is 0 Å². The Labute approximate surface area is 173 Å². The number of nitro benzene ring substituents is 1. The standard InChI is InChI=1S/C23H20N2O5/c1-16-7-9-17(10-8-16)23(27)24(2)19-11-13-20(14-12-19)30-22(26)15-18-5-3-4-6-21(18)25(28)29/h3-14H,15H2,1-2H3. The highest BCUT2D eigenvalue weighted by Crippen LogP contribution is 2.22. The summed E-state index contributed by atoms with van der Waals surface area (Å²) in [5.41, 5.74) is 2.44. The molecule has 0 saturated heterocycles. The molecule has 0 N–H and O–H groups in total. The van der Waals surface area contributed by atoms with E-state index in [0.29, 0.717) is 17.0 Å². The maximum atomic E-state index is 12.6. The minimum Gasteiger partial charge on any atom is -0.426 e. The van der Waals surface area contributed by atoms with Crippen molar-refractivity contribution < 1.29 is 19.2 Å². The number of benzene rings is 3. The molecular weight excluding hydrogens is 384 g/mol. The molecule has 7 nitrogen and oxygen atoms in total. The molecule has 0 aliphatic heterocycles. The molecule has 0 aromatic heterocycles. The van der Waals surface area contributed by atoms with Crippen molar-refractivity contribution in [3.05, 3.63) is 99.6 Å². The van der Waals surface area contributed by atoms with Gasteiger partial charge < -0.3 is 9.64 Å². The van der Waals surface area contributed by atoms with Gasteiger partial charge in [0.1, 0.15) is 5.75 Å². The van der Waals surface area contributed by atoms with Gasteiger partial charge in [0, 0.05) is 29.9 Å². The van der Waals surface area contributed by atoms with Crippen LogP contribution in [0.15, 0.2) is 72.8 Å². The van der Waals surface area contributed by atoms with Crippen LogP contribution in [0.4, 0.5) is 11.4 Å². The first-order valence-electron chi connectivity index (χ1n) is 9.23. The first kappa shape index (κ1) is 20.7. The fraction of sp³-hybridized carbons (Fsp3) is 0.130. The van der Waals surface area contributed by atoms with Crippen LogP contribution in [0.1, 0.15) is 21.5 Å². The van der Waals surface area contributed by atoms with E-state index in [-0.39, 0.29) is 23.6 Å². The summed E-state index contributed by atoms with van der Waals surface area (Å²) in [6.45, 7) is 1.95. The molecule has 3 aromatic rings. The van der Waals surface area contributed by atoms with Gasteiger partial charge in [-0.05, 0) is 43.3 Å². The first-order chi connectivity index (χ1) is 14.3. The number of carbonyl (C=O) groups is 2. The number of hydrogen-bond acceptors (Lipinski definition) is 5. The Morgan fingerprint density at radius 1 is 0.967 bits per heavy atom. The van der Waals surface area contributed by atoms with Gasteiger partial charge in [-0.15, -0.1) is 0 Å². The zero-order chi connectivity index (χ0) is 21.7. The second kappa shape index (κ2) is 9.00. The van der Waals surface area contributed by atoms with Crippen LogP contribution >= 0.6 is 0 Å². The smallest absolute Gasteiger partial charge is 0.315 e. The van der Waals surface area contributed by atoms with Gasteiger partial charge in [-0.2, -0.15) is 0 Å². The molecule has 0 aliphatic carbocycles. The topological polar surface area (TPSA) is 89.8 Å². The number of anilines is 1. The molecule has 0 aliphatic rings. The van der Waals surface area contributed by atoms with Crippen LogP contribution in [0.25, 0.3) is 0 Å². The average Bonchev–Trinajstić information content (AvgIpc) is 2.74. The van der Waals surface area contributed by atoms with E-state index in [9.17, 15) is 19.7 Å². The number of nitro groups is 1. The third-order valence-corrected chi connectivity index (χ3v) is 4.58. The molecule has 3 aromatic carbocycles. The van der Waals surface area contributed by atoms with Crippen LogP contribution in [-0.2, 0) is 11.2 Å². The summed E-state index contributed by atoms with van der Waals surface area (Å²) in [6, 6.07) is 19.8. The lowest BCUT2D eigenvalue weighted by Gasteiger charge is -2.18. The van der Waals surface area contributed by atoms with Crippen molar-refractivity contribution >= 4 is 23.3 Å². The van der Waals surface area contributed by atoms with E-state index in [1.54, 1.807) is 55.6 Å². The predicted molar refractivity (Wildman–Crippen MR) is 113 cm³/mol. The van der Waals surface area contributed by atoms with Gasteiger partial charge in [0.05, 0.1) is 11.3 Å². The zero-order valence-electron chi connectivity index (χ0n) is 16.6. The summed E-state index contributed by atoms with van der Waals surface area (Å²) in [4.78, 5) is 36.8. The SMILES string of the molecule is Cc1ccc(C(=O)N(C)c2ccc(OC(=O)Cc3ccccc3[N+](=O)[O-])cc2)cc1. The fourth-order valence-corrected chi connectivity index (χ4v) is 2.91. The van der Waals surface area contributed by atoms with E-state index in [1.165, 1.54) is 17.0 Å². The normalized spacial score (nSPS) is 10.3. The number of esters is 1. The summed E-state index contributed by atoms with van der Waals surface area (Å²) < 4.78 is 5.28. The third kappa shape index (κ3) is 4.88. The van der Waals surface area contributed by atoms with Crippen LogP contribution in [-0.4, -0.2) is 23.8 Å². The van der Waals surface area contributed by atoms with Gasteiger partial charge in [-0.25, -0.2) is 0 Å². The van der Waals surface area contributed by atoms with Crippen LogP contribution in [0.3, 0.4) is 0 Å². The van der Waals surface area contributed by atoms with Crippen molar-refractivity contribution in [2.24, 2.45) is 0 Å². The van der Waals surface area contributed by atoms with E-state index in [0.717, 1.165) is 5.56 Å². The fourth-order valence-electron chi connectivity index (χ4n) is 2.91. The van der Waals surface area contributed by atoms with Crippen molar-refractivity contribution in [2.45, 2.75) is 13.3 Å². The lowest BCUT2D eigenvalue weighted by molar-refractivity contribution is -0.385. The molecule has 3 rings (SSSR count). The first-order valence-corrected chi connectivity index (χ1v) is 9.23. The van der Waals surface area contributed by atoms with Crippen LogP contribution in [0, 0.1) is 17.0 Å². The number of rotatable bonds is 6. The predicted octanol–water partition coefficient (Wildman–Crippen LogP) is 4.33. The molecule has 0 bridgehead atoms. The maximum Gasteiger partial charge on any atom is 0.315 e. The second-order valence-electron chi connectivity index (χ2n) is 6.76. The van der Waals surface area contributed by atoms with E-state index < -0.39 is 10.9 Å². The van der Waals surface area contributed by atoms with Crippen molar-refractivity contribution in [1.82, 2.24) is 0 Å². The Morgan fingerprint density at radius 2 is 1.60 bits per heavy atom. The lowest BCUT2D eigenvalue weighted by Crippen LogP contribution is -2.26. The lowest BCUT2D eigenvalue weighted by atomic mass is 10.1. The molecule has 1 amide bonds. The molecule has 0 spiro atoms. The van der Waals surface area contributed by atoms with Gasteiger partial charge in [-0.1, -0.05) is 35.9 Å². The van der Waals surface area contributed by atoms with Crippen LogP contribution in [0.5, 0.6) is 5.75 Å². The largest absolute Gasteiger partial charge is 0.426 e. The summed E-state index contributed by atoms with van der Waals surface area (Å²) >= 11 is 0. The Bertz CT molecular complexity index is 1080. The van der Waals surface area contributed by atoms with Gasteiger partial charge >= 0.3 is 5.97 Å². The Balaban J connectivity index is 1.65.